The predicted molar refractivity (Wildman–Crippen MR) is 67.6 cm³/mol. The summed E-state index contributed by atoms with van der Waals surface area (Å²) >= 11 is 0. The zero-order valence-corrected chi connectivity index (χ0v) is 10.9. The normalized spacial score (nSPS) is 26.3. The number of rotatable bonds is 3. The van der Waals surface area contributed by atoms with Gasteiger partial charge < -0.3 is 10.1 Å². The molecule has 0 aliphatic carbocycles. The predicted octanol–water partition coefficient (Wildman–Crippen LogP) is 1.12. The molecular formula is C12H19N3O3. The molecule has 3 unspecified atom stereocenters. The first kappa shape index (κ1) is 12.7. The second-order valence-electron chi connectivity index (χ2n) is 4.72. The summed E-state index contributed by atoms with van der Waals surface area (Å²) in [5.74, 6) is 0.681. The molecule has 0 aromatic carbocycles. The van der Waals surface area contributed by atoms with E-state index in [0.717, 1.165) is 5.82 Å². The van der Waals surface area contributed by atoms with Crippen molar-refractivity contribution >= 4 is 11.8 Å². The van der Waals surface area contributed by atoms with Gasteiger partial charge in [-0.25, -0.2) is 0 Å². The average molecular weight is 253 g/mol. The number of esters is 1. The molecule has 1 aromatic heterocycles. The third-order valence-corrected chi connectivity index (χ3v) is 3.51. The first-order chi connectivity index (χ1) is 8.52. The number of anilines is 1. The summed E-state index contributed by atoms with van der Waals surface area (Å²) in [6.45, 7) is 6.21. The van der Waals surface area contributed by atoms with Crippen LogP contribution in [0.1, 0.15) is 33.2 Å². The SMILES string of the molecule is CCOC(=O)CC1C(C)Nc2cc(=O)[nH]n2C1C. The fraction of sp³-hybridized carbons (Fsp3) is 0.667. The smallest absolute Gasteiger partial charge is 0.306 e. The average Bonchev–Trinajstić information content (AvgIpc) is 2.65. The van der Waals surface area contributed by atoms with Gasteiger partial charge in [-0.2, -0.15) is 0 Å². The Balaban J connectivity index is 2.18. The largest absolute Gasteiger partial charge is 0.466 e. The number of H-pyrrole nitrogens is 1. The van der Waals surface area contributed by atoms with E-state index in [-0.39, 0.29) is 29.5 Å². The van der Waals surface area contributed by atoms with Crippen LogP contribution in [0.2, 0.25) is 0 Å². The molecule has 0 radical (unpaired) electrons. The number of nitrogens with zero attached hydrogens (tertiary/aromatic N) is 1. The number of fused-ring (bicyclic) bond motifs is 1. The number of carbonyl (C=O) groups is 1. The van der Waals surface area contributed by atoms with Crippen molar-refractivity contribution in [3.8, 4) is 0 Å². The van der Waals surface area contributed by atoms with Crippen molar-refractivity contribution in [2.45, 2.75) is 39.3 Å². The van der Waals surface area contributed by atoms with Crippen LogP contribution >= 0.6 is 0 Å². The zero-order chi connectivity index (χ0) is 13.3. The van der Waals surface area contributed by atoms with Gasteiger partial charge in [-0.15, -0.1) is 0 Å². The van der Waals surface area contributed by atoms with Crippen LogP contribution in [0.3, 0.4) is 0 Å². The van der Waals surface area contributed by atoms with Crippen molar-refractivity contribution < 1.29 is 9.53 Å². The summed E-state index contributed by atoms with van der Waals surface area (Å²) in [5.41, 5.74) is -0.131. The van der Waals surface area contributed by atoms with Crippen molar-refractivity contribution in [1.29, 1.82) is 0 Å². The number of ether oxygens (including phenoxy) is 1. The van der Waals surface area contributed by atoms with Crippen LogP contribution in [0.15, 0.2) is 10.9 Å². The van der Waals surface area contributed by atoms with Gasteiger partial charge >= 0.3 is 5.97 Å². The second-order valence-corrected chi connectivity index (χ2v) is 4.72. The van der Waals surface area contributed by atoms with E-state index < -0.39 is 0 Å². The van der Waals surface area contributed by atoms with Gasteiger partial charge in [0.15, 0.2) is 0 Å². The van der Waals surface area contributed by atoms with Crippen LogP contribution in [0.4, 0.5) is 5.82 Å². The molecule has 1 aromatic rings. The van der Waals surface area contributed by atoms with Gasteiger partial charge in [-0.05, 0) is 20.8 Å². The molecule has 2 N–H and O–H groups in total. The van der Waals surface area contributed by atoms with Crippen LogP contribution < -0.4 is 10.9 Å². The summed E-state index contributed by atoms with van der Waals surface area (Å²) in [7, 11) is 0. The Labute approximate surface area is 105 Å². The van der Waals surface area contributed by atoms with Gasteiger partial charge in [-0.3, -0.25) is 19.4 Å². The van der Waals surface area contributed by atoms with Crippen LogP contribution in [-0.4, -0.2) is 28.4 Å². The molecule has 2 heterocycles. The topological polar surface area (TPSA) is 76.1 Å². The van der Waals surface area contributed by atoms with Gasteiger partial charge in [-0.1, -0.05) is 0 Å². The third kappa shape index (κ3) is 2.27. The van der Waals surface area contributed by atoms with Gasteiger partial charge in [0.2, 0.25) is 0 Å². The minimum Gasteiger partial charge on any atom is -0.466 e. The highest BCUT2D eigenvalue weighted by Crippen LogP contribution is 2.32. The molecule has 0 amide bonds. The standard InChI is InChI=1S/C12H19N3O3/c1-4-18-12(17)5-9-7(2)13-10-6-11(16)14-15(10)8(9)3/h6-9,13H,4-5H2,1-3H3,(H,14,16). The van der Waals surface area contributed by atoms with E-state index in [1.54, 1.807) is 11.6 Å². The maximum Gasteiger partial charge on any atom is 0.306 e. The van der Waals surface area contributed by atoms with E-state index in [1.165, 1.54) is 6.07 Å². The molecule has 2 rings (SSSR count). The minimum atomic E-state index is -0.194. The van der Waals surface area contributed by atoms with Crippen LogP contribution in [0.25, 0.3) is 0 Å². The summed E-state index contributed by atoms with van der Waals surface area (Å²) in [4.78, 5) is 22.9. The van der Waals surface area contributed by atoms with Crippen LogP contribution in [-0.2, 0) is 9.53 Å². The lowest BCUT2D eigenvalue weighted by Crippen LogP contribution is -2.40. The van der Waals surface area contributed by atoms with Gasteiger partial charge in [0.25, 0.3) is 5.56 Å². The van der Waals surface area contributed by atoms with Gasteiger partial charge in [0, 0.05) is 18.0 Å². The van der Waals surface area contributed by atoms with Crippen molar-refractivity contribution in [2.24, 2.45) is 5.92 Å². The molecule has 6 nitrogen and oxygen atoms in total. The summed E-state index contributed by atoms with van der Waals surface area (Å²) in [6, 6.07) is 1.72. The molecule has 0 saturated carbocycles. The number of aromatic amines is 1. The van der Waals surface area contributed by atoms with E-state index in [0.29, 0.717) is 13.0 Å². The summed E-state index contributed by atoms with van der Waals surface area (Å²) < 4.78 is 6.77. The lowest BCUT2D eigenvalue weighted by atomic mass is 9.89. The fourth-order valence-corrected chi connectivity index (χ4v) is 2.55. The molecule has 3 atom stereocenters. The Morgan fingerprint density at radius 3 is 2.89 bits per heavy atom. The molecule has 0 spiro atoms. The van der Waals surface area contributed by atoms with E-state index >= 15 is 0 Å². The molecule has 0 bridgehead atoms. The van der Waals surface area contributed by atoms with Crippen molar-refractivity contribution in [3.63, 3.8) is 0 Å². The lowest BCUT2D eigenvalue weighted by Gasteiger charge is -2.36. The fourth-order valence-electron chi connectivity index (χ4n) is 2.55. The molecule has 0 saturated heterocycles. The maximum atomic E-state index is 11.6. The van der Waals surface area contributed by atoms with E-state index in [2.05, 4.69) is 10.4 Å². The molecule has 1 aliphatic rings. The number of carbonyl (C=O) groups excluding carboxylic acids is 1. The van der Waals surface area contributed by atoms with E-state index in [4.69, 9.17) is 4.74 Å². The highest BCUT2D eigenvalue weighted by Gasteiger charge is 2.33. The first-order valence-electron chi connectivity index (χ1n) is 6.26. The number of aromatic nitrogens is 2. The van der Waals surface area contributed by atoms with Crippen molar-refractivity contribution in [2.75, 3.05) is 11.9 Å². The second kappa shape index (κ2) is 4.88. The maximum absolute atomic E-state index is 11.6. The van der Waals surface area contributed by atoms with Crippen molar-refractivity contribution in [3.05, 3.63) is 16.4 Å². The Morgan fingerprint density at radius 1 is 1.50 bits per heavy atom. The zero-order valence-electron chi connectivity index (χ0n) is 10.9. The molecular weight excluding hydrogens is 234 g/mol. The quantitative estimate of drug-likeness (QED) is 0.791. The molecule has 0 fully saturated rings. The summed E-state index contributed by atoms with van der Waals surface area (Å²) in [5, 5.41) is 5.98. The van der Waals surface area contributed by atoms with Crippen LogP contribution in [0, 0.1) is 5.92 Å². The number of hydrogen-bond acceptors (Lipinski definition) is 4. The Kier molecular flexibility index (Phi) is 3.45. The monoisotopic (exact) mass is 253 g/mol. The molecule has 6 heteroatoms. The molecule has 100 valence electrons. The highest BCUT2D eigenvalue weighted by molar-refractivity contribution is 5.70. The third-order valence-electron chi connectivity index (χ3n) is 3.51. The van der Waals surface area contributed by atoms with Crippen molar-refractivity contribution in [1.82, 2.24) is 9.78 Å². The van der Waals surface area contributed by atoms with Crippen LogP contribution in [0.5, 0.6) is 0 Å². The van der Waals surface area contributed by atoms with Gasteiger partial charge in [0.1, 0.15) is 5.82 Å². The lowest BCUT2D eigenvalue weighted by molar-refractivity contribution is -0.144. The molecule has 1 aliphatic heterocycles. The first-order valence-corrected chi connectivity index (χ1v) is 6.26. The summed E-state index contributed by atoms with van der Waals surface area (Å²) in [6.07, 6.45) is 0.350. The highest BCUT2D eigenvalue weighted by atomic mass is 16.5. The van der Waals surface area contributed by atoms with Gasteiger partial charge in [0.05, 0.1) is 19.1 Å². The number of hydrogen-bond donors (Lipinski definition) is 2. The Morgan fingerprint density at radius 2 is 2.22 bits per heavy atom. The minimum absolute atomic E-state index is 0.0587. The number of nitrogens with one attached hydrogen (secondary N) is 2. The Bertz CT molecular complexity index is 491. The van der Waals surface area contributed by atoms with E-state index in [9.17, 15) is 9.59 Å². The Hall–Kier alpha value is -1.72. The van der Waals surface area contributed by atoms with E-state index in [1.807, 2.05) is 13.8 Å². The molecule has 18 heavy (non-hydrogen) atoms.